The first kappa shape index (κ1) is 16.3. The smallest absolute Gasteiger partial charge is 0.213 e. The number of hydrogen-bond donors (Lipinski definition) is 2. The maximum Gasteiger partial charge on any atom is 0.213 e. The van der Waals surface area contributed by atoms with E-state index in [2.05, 4.69) is 32.7 Å². The maximum atomic E-state index is 5.65. The average Bonchev–Trinajstić information content (AvgIpc) is 3.46. The number of rotatable bonds is 7. The quantitative estimate of drug-likeness (QED) is 0.607. The Morgan fingerprint density at radius 3 is 2.46 bits per heavy atom. The highest BCUT2D eigenvalue weighted by molar-refractivity contribution is 5.79. The van der Waals surface area contributed by atoms with Crippen molar-refractivity contribution in [2.45, 2.75) is 25.9 Å². The fourth-order valence-corrected chi connectivity index (χ4v) is 2.28. The van der Waals surface area contributed by atoms with Crippen LogP contribution in [0.4, 0.5) is 0 Å². The minimum absolute atomic E-state index is 0.671. The van der Waals surface area contributed by atoms with Gasteiger partial charge in [0.05, 0.1) is 6.61 Å². The topological polar surface area (TPSA) is 58.5 Å². The molecule has 0 atom stereocenters. The molecule has 1 aliphatic rings. The van der Waals surface area contributed by atoms with E-state index in [9.17, 15) is 0 Å². The number of nitrogens with one attached hydrogen (secondary N) is 2. The largest absolute Gasteiger partial charge is 0.477 e. The zero-order valence-corrected chi connectivity index (χ0v) is 14.0. The van der Waals surface area contributed by atoms with Gasteiger partial charge in [-0.3, -0.25) is 4.99 Å². The molecule has 1 aromatic carbocycles. The van der Waals surface area contributed by atoms with Gasteiger partial charge < -0.3 is 15.4 Å². The lowest BCUT2D eigenvalue weighted by Gasteiger charge is -2.12. The first-order valence-corrected chi connectivity index (χ1v) is 8.39. The van der Waals surface area contributed by atoms with Gasteiger partial charge in [0, 0.05) is 32.4 Å². The summed E-state index contributed by atoms with van der Waals surface area (Å²) in [6.45, 7) is 2.21. The minimum atomic E-state index is 0.671. The van der Waals surface area contributed by atoms with Crippen molar-refractivity contribution in [2.75, 3.05) is 13.7 Å². The Kier molecular flexibility index (Phi) is 5.66. The molecule has 1 aliphatic carbocycles. The van der Waals surface area contributed by atoms with Gasteiger partial charge in [-0.2, -0.15) is 0 Å². The fraction of sp³-hybridized carbons (Fsp3) is 0.368. The molecule has 0 radical (unpaired) electrons. The monoisotopic (exact) mass is 324 g/mol. The molecule has 1 fully saturated rings. The summed E-state index contributed by atoms with van der Waals surface area (Å²) in [5, 5.41) is 6.59. The van der Waals surface area contributed by atoms with Gasteiger partial charge in [0.2, 0.25) is 5.88 Å². The van der Waals surface area contributed by atoms with Crippen molar-refractivity contribution in [3.63, 3.8) is 0 Å². The lowest BCUT2D eigenvalue weighted by molar-refractivity contribution is 0.288. The van der Waals surface area contributed by atoms with Crippen LogP contribution in [-0.4, -0.2) is 24.6 Å². The molecule has 3 rings (SSSR count). The Labute approximate surface area is 143 Å². The molecule has 1 heterocycles. The summed E-state index contributed by atoms with van der Waals surface area (Å²) in [6, 6.07) is 14.2. The summed E-state index contributed by atoms with van der Waals surface area (Å²) in [7, 11) is 1.77. The summed E-state index contributed by atoms with van der Waals surface area (Å²) >= 11 is 0. The van der Waals surface area contributed by atoms with Crippen LogP contribution in [0, 0.1) is 5.92 Å². The molecule has 0 unspecified atom stereocenters. The molecular formula is C19H24N4O. The van der Waals surface area contributed by atoms with Gasteiger partial charge >= 0.3 is 0 Å². The Balaban J connectivity index is 1.42. The van der Waals surface area contributed by atoms with Crippen LogP contribution in [-0.2, 0) is 13.1 Å². The Morgan fingerprint density at radius 1 is 1.08 bits per heavy atom. The van der Waals surface area contributed by atoms with E-state index in [-0.39, 0.29) is 0 Å². The van der Waals surface area contributed by atoms with Crippen LogP contribution in [0.2, 0.25) is 0 Å². The highest BCUT2D eigenvalue weighted by atomic mass is 16.5. The molecule has 0 aliphatic heterocycles. The SMILES string of the molecule is CN=C(NCc1ccccc1)NCc1ccc(OCC2CC2)nc1. The number of nitrogens with zero attached hydrogens (tertiary/aromatic N) is 2. The summed E-state index contributed by atoms with van der Waals surface area (Å²) < 4.78 is 5.65. The predicted molar refractivity (Wildman–Crippen MR) is 95.9 cm³/mol. The molecule has 24 heavy (non-hydrogen) atoms. The van der Waals surface area contributed by atoms with Crippen molar-refractivity contribution in [1.29, 1.82) is 0 Å². The standard InChI is InChI=1S/C19H24N4O/c1-20-19(22-11-15-5-3-2-4-6-15)23-13-17-9-10-18(21-12-17)24-14-16-7-8-16/h2-6,9-10,12,16H,7-8,11,13-14H2,1H3,(H2,20,22,23). The number of guanidine groups is 1. The number of benzene rings is 1. The van der Waals surface area contributed by atoms with E-state index in [1.54, 1.807) is 7.05 Å². The van der Waals surface area contributed by atoms with Crippen molar-refractivity contribution >= 4 is 5.96 Å². The molecule has 0 amide bonds. The average molecular weight is 324 g/mol. The molecule has 1 aromatic heterocycles. The fourth-order valence-electron chi connectivity index (χ4n) is 2.28. The zero-order chi connectivity index (χ0) is 16.6. The molecule has 0 saturated heterocycles. The van der Waals surface area contributed by atoms with E-state index in [0.717, 1.165) is 30.6 Å². The van der Waals surface area contributed by atoms with Crippen molar-refractivity contribution in [2.24, 2.45) is 10.9 Å². The van der Waals surface area contributed by atoms with Crippen LogP contribution in [0.5, 0.6) is 5.88 Å². The van der Waals surface area contributed by atoms with Gasteiger partial charge in [0.15, 0.2) is 5.96 Å². The Morgan fingerprint density at radius 2 is 1.83 bits per heavy atom. The number of aliphatic imine (C=N–C) groups is 1. The summed E-state index contributed by atoms with van der Waals surface area (Å²) in [4.78, 5) is 8.59. The number of aromatic nitrogens is 1. The third-order valence-electron chi connectivity index (χ3n) is 3.95. The molecule has 1 saturated carbocycles. The minimum Gasteiger partial charge on any atom is -0.477 e. The first-order chi connectivity index (χ1) is 11.8. The lowest BCUT2D eigenvalue weighted by atomic mass is 10.2. The van der Waals surface area contributed by atoms with Crippen LogP contribution in [0.25, 0.3) is 0 Å². The van der Waals surface area contributed by atoms with E-state index in [1.807, 2.05) is 36.5 Å². The Hall–Kier alpha value is -2.56. The van der Waals surface area contributed by atoms with Gasteiger partial charge in [-0.25, -0.2) is 4.98 Å². The van der Waals surface area contributed by atoms with Gasteiger partial charge in [0.25, 0.3) is 0 Å². The molecule has 5 nitrogen and oxygen atoms in total. The number of pyridine rings is 1. The van der Waals surface area contributed by atoms with Gasteiger partial charge in [-0.05, 0) is 29.9 Å². The molecule has 0 spiro atoms. The third-order valence-corrected chi connectivity index (χ3v) is 3.95. The highest BCUT2D eigenvalue weighted by Crippen LogP contribution is 2.29. The maximum absolute atomic E-state index is 5.65. The molecule has 2 N–H and O–H groups in total. The second kappa shape index (κ2) is 8.34. The Bertz CT molecular complexity index is 651. The van der Waals surface area contributed by atoms with Crippen LogP contribution >= 0.6 is 0 Å². The van der Waals surface area contributed by atoms with Gasteiger partial charge in [-0.15, -0.1) is 0 Å². The second-order valence-electron chi connectivity index (χ2n) is 6.02. The van der Waals surface area contributed by atoms with Crippen LogP contribution < -0.4 is 15.4 Å². The first-order valence-electron chi connectivity index (χ1n) is 8.39. The van der Waals surface area contributed by atoms with Crippen LogP contribution in [0.1, 0.15) is 24.0 Å². The van der Waals surface area contributed by atoms with E-state index >= 15 is 0 Å². The molecule has 0 bridgehead atoms. The molecule has 126 valence electrons. The summed E-state index contributed by atoms with van der Waals surface area (Å²) in [5.74, 6) is 2.22. The normalized spacial score (nSPS) is 14.3. The summed E-state index contributed by atoms with van der Waals surface area (Å²) in [6.07, 6.45) is 4.42. The molecular weight excluding hydrogens is 300 g/mol. The predicted octanol–water partition coefficient (Wildman–Crippen LogP) is 2.74. The molecule has 5 heteroatoms. The van der Waals surface area contributed by atoms with Gasteiger partial charge in [0.1, 0.15) is 0 Å². The highest BCUT2D eigenvalue weighted by Gasteiger charge is 2.21. The third kappa shape index (κ3) is 5.26. The van der Waals surface area contributed by atoms with Crippen LogP contribution in [0.15, 0.2) is 53.7 Å². The summed E-state index contributed by atoms with van der Waals surface area (Å²) in [5.41, 5.74) is 2.32. The number of ether oxygens (including phenoxy) is 1. The van der Waals surface area contributed by atoms with Crippen molar-refractivity contribution in [3.05, 3.63) is 59.8 Å². The van der Waals surface area contributed by atoms with E-state index in [4.69, 9.17) is 4.74 Å². The van der Waals surface area contributed by atoms with Crippen molar-refractivity contribution in [1.82, 2.24) is 15.6 Å². The van der Waals surface area contributed by atoms with Crippen molar-refractivity contribution < 1.29 is 4.74 Å². The van der Waals surface area contributed by atoms with Crippen molar-refractivity contribution in [3.8, 4) is 5.88 Å². The number of hydrogen-bond acceptors (Lipinski definition) is 3. The lowest BCUT2D eigenvalue weighted by Crippen LogP contribution is -2.36. The second-order valence-corrected chi connectivity index (χ2v) is 6.02. The van der Waals surface area contributed by atoms with E-state index in [1.165, 1.54) is 18.4 Å². The van der Waals surface area contributed by atoms with E-state index < -0.39 is 0 Å². The zero-order valence-electron chi connectivity index (χ0n) is 14.0. The van der Waals surface area contributed by atoms with E-state index in [0.29, 0.717) is 12.4 Å². The molecule has 2 aromatic rings. The van der Waals surface area contributed by atoms with Gasteiger partial charge in [-0.1, -0.05) is 36.4 Å². The van der Waals surface area contributed by atoms with Crippen LogP contribution in [0.3, 0.4) is 0 Å².